The van der Waals surface area contributed by atoms with Crippen LogP contribution in [0.15, 0.2) is 91.0 Å². The van der Waals surface area contributed by atoms with E-state index in [9.17, 15) is 0 Å². The summed E-state index contributed by atoms with van der Waals surface area (Å²) in [6, 6.07) is 33.0. The van der Waals surface area contributed by atoms with Gasteiger partial charge in [-0.25, -0.2) is 4.57 Å². The van der Waals surface area contributed by atoms with Crippen molar-refractivity contribution in [3.8, 4) is 17.1 Å². The van der Waals surface area contributed by atoms with Crippen molar-refractivity contribution in [2.45, 2.75) is 20.0 Å². The van der Waals surface area contributed by atoms with Crippen molar-refractivity contribution in [1.29, 1.82) is 0 Å². The van der Waals surface area contributed by atoms with Crippen molar-refractivity contribution in [3.05, 3.63) is 96.6 Å². The lowest BCUT2D eigenvalue weighted by Gasteiger charge is -2.05. The fourth-order valence-corrected chi connectivity index (χ4v) is 5.58. The van der Waals surface area contributed by atoms with Crippen LogP contribution in [-0.2, 0) is 13.1 Å². The van der Waals surface area contributed by atoms with E-state index >= 15 is 0 Å². The second-order valence-electron chi connectivity index (χ2n) is 8.32. The molecule has 0 aliphatic carbocycles. The van der Waals surface area contributed by atoms with Crippen LogP contribution in [0.3, 0.4) is 0 Å². The molecule has 6 aromatic rings. The van der Waals surface area contributed by atoms with Gasteiger partial charge in [0.05, 0.1) is 5.56 Å². The number of hydrogen-bond acceptors (Lipinski definition) is 0. The fourth-order valence-electron chi connectivity index (χ4n) is 5.58. The molecule has 0 spiro atoms. The van der Waals surface area contributed by atoms with Gasteiger partial charge < -0.3 is 4.57 Å². The molecule has 148 valence electrons. The van der Waals surface area contributed by atoms with Gasteiger partial charge in [-0.3, -0.25) is 0 Å². The van der Waals surface area contributed by atoms with Gasteiger partial charge in [0.1, 0.15) is 12.2 Å². The average molecular weight is 401 g/mol. The van der Waals surface area contributed by atoms with E-state index in [1.54, 1.807) is 0 Å². The highest BCUT2D eigenvalue weighted by Gasteiger charge is 2.36. The van der Waals surface area contributed by atoms with Gasteiger partial charge in [0.2, 0.25) is 0 Å². The van der Waals surface area contributed by atoms with E-state index in [4.69, 9.17) is 0 Å². The zero-order valence-electron chi connectivity index (χ0n) is 17.4. The molecule has 4 aromatic carbocycles. The van der Waals surface area contributed by atoms with Crippen LogP contribution in [0.2, 0.25) is 0 Å². The maximum Gasteiger partial charge on any atom is 0.295 e. The van der Waals surface area contributed by atoms with Crippen LogP contribution in [-0.4, -0.2) is 9.13 Å². The highest BCUT2D eigenvalue weighted by atomic mass is 15.2. The third-order valence-electron chi connectivity index (χ3n) is 6.81. The Labute approximate surface area is 180 Å². The molecule has 31 heavy (non-hydrogen) atoms. The van der Waals surface area contributed by atoms with Gasteiger partial charge in [-0.05, 0) is 49.4 Å². The van der Waals surface area contributed by atoms with Crippen LogP contribution in [0.25, 0.3) is 49.9 Å². The summed E-state index contributed by atoms with van der Waals surface area (Å²) < 4.78 is 7.36. The largest absolute Gasteiger partial charge is 0.341 e. The van der Waals surface area contributed by atoms with Crippen molar-refractivity contribution in [3.63, 3.8) is 0 Å². The van der Waals surface area contributed by atoms with Gasteiger partial charge >= 0.3 is 0 Å². The Hall–Kier alpha value is -3.85. The Balaban J connectivity index is 1.63. The van der Waals surface area contributed by atoms with Gasteiger partial charge in [0.25, 0.3) is 5.82 Å². The number of nitrogens with zero attached hydrogens (tertiary/aromatic N) is 3. The monoisotopic (exact) mass is 400 g/mol. The summed E-state index contributed by atoms with van der Waals surface area (Å²) in [6.07, 6.45) is 0. The zero-order chi connectivity index (χ0) is 20.5. The molecular weight excluding hydrogens is 378 g/mol. The second kappa shape index (κ2) is 6.08. The van der Waals surface area contributed by atoms with Crippen LogP contribution in [0.5, 0.6) is 0 Å². The SMILES string of the molecule is CCn1c2ccccc2c2c3c(ccc21)-c1n(-c2ccccc2)c2ccccc2[n+]1C3. The van der Waals surface area contributed by atoms with E-state index in [1.165, 1.54) is 55.5 Å². The first kappa shape index (κ1) is 16.9. The molecule has 0 amide bonds. The van der Waals surface area contributed by atoms with E-state index in [1.807, 2.05) is 0 Å². The number of fused-ring (bicyclic) bond motifs is 9. The first-order valence-electron chi connectivity index (χ1n) is 11.0. The summed E-state index contributed by atoms with van der Waals surface area (Å²) >= 11 is 0. The minimum atomic E-state index is 0.903. The van der Waals surface area contributed by atoms with E-state index in [0.29, 0.717) is 0 Å². The molecule has 0 radical (unpaired) electrons. The van der Waals surface area contributed by atoms with Crippen molar-refractivity contribution >= 4 is 32.8 Å². The number of aromatic nitrogens is 3. The molecule has 3 heterocycles. The predicted octanol–water partition coefficient (Wildman–Crippen LogP) is 6.07. The first-order valence-corrected chi connectivity index (χ1v) is 11.0. The molecule has 0 saturated heterocycles. The van der Waals surface area contributed by atoms with Gasteiger partial charge in [-0.2, -0.15) is 4.57 Å². The molecule has 7 rings (SSSR count). The summed E-state index contributed by atoms with van der Waals surface area (Å²) in [5.74, 6) is 1.28. The molecule has 0 bridgehead atoms. The zero-order valence-corrected chi connectivity index (χ0v) is 17.4. The molecule has 3 heteroatoms. The van der Waals surface area contributed by atoms with E-state index in [0.717, 1.165) is 13.1 Å². The maximum absolute atomic E-state index is 2.49. The lowest BCUT2D eigenvalue weighted by atomic mass is 10.0. The number of benzene rings is 4. The predicted molar refractivity (Wildman–Crippen MR) is 127 cm³/mol. The molecule has 2 aromatic heterocycles. The second-order valence-corrected chi connectivity index (χ2v) is 8.32. The molecule has 1 aliphatic heterocycles. The summed E-state index contributed by atoms with van der Waals surface area (Å²) in [5, 5.41) is 2.76. The Morgan fingerprint density at radius 1 is 0.742 bits per heavy atom. The number of imidazole rings is 1. The van der Waals surface area contributed by atoms with E-state index in [-0.39, 0.29) is 0 Å². The summed E-state index contributed by atoms with van der Waals surface area (Å²) in [5.41, 5.74) is 9.18. The smallest absolute Gasteiger partial charge is 0.295 e. The Kier molecular flexibility index (Phi) is 3.31. The van der Waals surface area contributed by atoms with Gasteiger partial charge in [0, 0.05) is 33.9 Å². The lowest BCUT2D eigenvalue weighted by molar-refractivity contribution is -0.645. The molecule has 3 nitrogen and oxygen atoms in total. The summed E-state index contributed by atoms with van der Waals surface area (Å²) in [6.45, 7) is 4.11. The fraction of sp³-hybridized carbons (Fsp3) is 0.107. The standard InChI is InChI=1S/C28H22N3/c1-2-29-23-13-7-6-12-21(23)27-22-18-30-24-14-8-9-15-25(24)31(19-10-4-3-5-11-19)28(30)20(22)16-17-26(27)29/h3-17H,2,18H2,1H3/q+1. The summed E-state index contributed by atoms with van der Waals surface area (Å²) in [7, 11) is 0. The average Bonchev–Trinajstić information content (AvgIpc) is 3.46. The molecule has 0 fully saturated rings. The number of aryl methyl sites for hydroxylation is 1. The minimum Gasteiger partial charge on any atom is -0.341 e. The lowest BCUT2D eigenvalue weighted by Crippen LogP contribution is -2.31. The van der Waals surface area contributed by atoms with Crippen LogP contribution in [0.1, 0.15) is 12.5 Å². The topological polar surface area (TPSA) is 13.7 Å². The normalized spacial score (nSPS) is 12.7. The molecule has 0 atom stereocenters. The van der Waals surface area contributed by atoms with Gasteiger partial charge in [0.15, 0.2) is 11.0 Å². The van der Waals surface area contributed by atoms with Gasteiger partial charge in [-0.15, -0.1) is 0 Å². The van der Waals surface area contributed by atoms with Gasteiger partial charge in [-0.1, -0.05) is 48.5 Å². The highest BCUT2D eigenvalue weighted by Crippen LogP contribution is 2.41. The minimum absolute atomic E-state index is 0.903. The first-order chi connectivity index (χ1) is 15.4. The molecule has 0 unspecified atom stereocenters. The molecular formula is C28H22N3+. The molecule has 0 N–H and O–H groups in total. The Bertz CT molecular complexity index is 1630. The Morgan fingerprint density at radius 2 is 1.48 bits per heavy atom. The molecule has 1 aliphatic rings. The number of para-hydroxylation sites is 4. The third-order valence-corrected chi connectivity index (χ3v) is 6.81. The number of hydrogen-bond donors (Lipinski definition) is 0. The van der Waals surface area contributed by atoms with E-state index < -0.39 is 0 Å². The molecule has 0 saturated carbocycles. The van der Waals surface area contributed by atoms with Crippen LogP contribution in [0.4, 0.5) is 0 Å². The van der Waals surface area contributed by atoms with Crippen molar-refractivity contribution in [1.82, 2.24) is 9.13 Å². The van der Waals surface area contributed by atoms with Crippen LogP contribution >= 0.6 is 0 Å². The van der Waals surface area contributed by atoms with Crippen LogP contribution < -0.4 is 4.57 Å². The third kappa shape index (κ3) is 2.10. The quantitative estimate of drug-likeness (QED) is 0.313. The van der Waals surface area contributed by atoms with Crippen molar-refractivity contribution in [2.75, 3.05) is 0 Å². The van der Waals surface area contributed by atoms with E-state index in [2.05, 4.69) is 112 Å². The highest BCUT2D eigenvalue weighted by molar-refractivity contribution is 6.11. The van der Waals surface area contributed by atoms with Crippen LogP contribution in [0, 0.1) is 0 Å². The number of rotatable bonds is 2. The maximum atomic E-state index is 2.49. The Morgan fingerprint density at radius 3 is 2.32 bits per heavy atom. The van der Waals surface area contributed by atoms with Crippen molar-refractivity contribution < 1.29 is 4.57 Å². The summed E-state index contributed by atoms with van der Waals surface area (Å²) in [4.78, 5) is 0. The van der Waals surface area contributed by atoms with Crippen molar-refractivity contribution in [2.24, 2.45) is 0 Å².